The summed E-state index contributed by atoms with van der Waals surface area (Å²) >= 11 is 0. The minimum absolute atomic E-state index is 0.251. The molecule has 0 unspecified atom stereocenters. The average Bonchev–Trinajstić information content (AvgIpc) is 2.93. The molecule has 1 heterocycles. The highest BCUT2D eigenvalue weighted by Gasteiger charge is 2.41. The van der Waals surface area contributed by atoms with Crippen molar-refractivity contribution in [2.75, 3.05) is 26.2 Å². The van der Waals surface area contributed by atoms with Crippen LogP contribution >= 0.6 is 0 Å². The number of hydrogen-bond donors (Lipinski definition) is 5. The number of benzene rings is 2. The van der Waals surface area contributed by atoms with E-state index >= 15 is 0 Å². The molecular formula is C28H37N7O3. The number of aryl methyl sites for hydroxylation is 1. The Morgan fingerprint density at radius 1 is 0.974 bits per heavy atom. The first kappa shape index (κ1) is 28.7. The summed E-state index contributed by atoms with van der Waals surface area (Å²) < 4.78 is 0. The van der Waals surface area contributed by atoms with Crippen molar-refractivity contribution in [3.8, 4) is 0 Å². The number of nitrogens with zero attached hydrogens (tertiary/aromatic N) is 2. The molecule has 2 atom stereocenters. The lowest BCUT2D eigenvalue weighted by Gasteiger charge is -2.32. The van der Waals surface area contributed by atoms with Crippen LogP contribution in [0.5, 0.6) is 0 Å². The number of nitrogens with one attached hydrogen (secondary N) is 1. The van der Waals surface area contributed by atoms with Crippen molar-refractivity contribution < 1.29 is 14.4 Å². The largest absolute Gasteiger partial charge is 0.368 e. The van der Waals surface area contributed by atoms with Gasteiger partial charge in [0.05, 0.1) is 11.9 Å². The molecule has 38 heavy (non-hydrogen) atoms. The maximum Gasteiger partial charge on any atom is 0.245 e. The molecule has 202 valence electrons. The number of nitrogens with two attached hydrogens (primary N) is 4. The van der Waals surface area contributed by atoms with E-state index in [-0.39, 0.29) is 25.3 Å². The summed E-state index contributed by atoms with van der Waals surface area (Å²) in [5, 5.41) is 3.47. The smallest absolute Gasteiger partial charge is 0.245 e. The molecule has 0 fully saturated rings. The van der Waals surface area contributed by atoms with Gasteiger partial charge in [-0.05, 0) is 43.5 Å². The Morgan fingerprint density at radius 2 is 1.68 bits per heavy atom. The zero-order valence-corrected chi connectivity index (χ0v) is 21.5. The van der Waals surface area contributed by atoms with Crippen molar-refractivity contribution in [3.63, 3.8) is 0 Å². The van der Waals surface area contributed by atoms with Crippen molar-refractivity contribution in [2.45, 2.75) is 37.3 Å². The molecule has 10 heteroatoms. The minimum atomic E-state index is -1.82. The molecule has 10 nitrogen and oxygen atoms in total. The van der Waals surface area contributed by atoms with Crippen LogP contribution in [0.1, 0.15) is 30.4 Å². The fraction of sp³-hybridized carbons (Fsp3) is 0.357. The number of aromatic nitrogens is 1. The summed E-state index contributed by atoms with van der Waals surface area (Å²) in [6.45, 7) is 1.34. The average molecular weight is 520 g/mol. The van der Waals surface area contributed by atoms with Crippen LogP contribution in [0.3, 0.4) is 0 Å². The normalized spacial score (nSPS) is 13.4. The molecule has 0 bridgehead atoms. The standard InChI is InChI=1S/C28H37N7O3/c29-13-6-15-35(16-14-30)25(36)18-28(32,22-17-21-9-4-5-10-23(21)33-19-22)27(38)34-24(26(31)37)12-11-20-7-2-1-3-8-20/h1-5,7-10,17,19,24H,6,11-16,18,29-30,32H2,(H2,31,37)(H,34,38)/t24-,28-/m0/s1. The number of hydrogen-bond acceptors (Lipinski definition) is 7. The van der Waals surface area contributed by atoms with Crippen LogP contribution in [-0.2, 0) is 26.3 Å². The van der Waals surface area contributed by atoms with E-state index in [1.54, 1.807) is 11.0 Å². The summed E-state index contributed by atoms with van der Waals surface area (Å²) in [4.78, 5) is 45.4. The van der Waals surface area contributed by atoms with Gasteiger partial charge in [-0.15, -0.1) is 0 Å². The van der Waals surface area contributed by atoms with E-state index in [1.807, 2.05) is 54.6 Å². The summed E-state index contributed by atoms with van der Waals surface area (Å²) in [6, 6.07) is 17.7. The first-order valence-corrected chi connectivity index (χ1v) is 12.7. The SMILES string of the molecule is NCCCN(CCN)C(=O)C[C@@](N)(C(=O)N[C@@H](CCc1ccccc1)C(N)=O)c1cnc2ccccc2c1. The molecule has 1 aromatic heterocycles. The number of para-hydroxylation sites is 1. The maximum absolute atomic E-state index is 13.8. The Bertz CT molecular complexity index is 1240. The quantitative estimate of drug-likeness (QED) is 0.205. The third-order valence-corrected chi connectivity index (χ3v) is 6.54. The molecule has 0 saturated carbocycles. The molecule has 0 aliphatic rings. The van der Waals surface area contributed by atoms with Gasteiger partial charge in [0.25, 0.3) is 0 Å². The van der Waals surface area contributed by atoms with Crippen molar-refractivity contribution >= 4 is 28.6 Å². The lowest BCUT2D eigenvalue weighted by atomic mass is 9.85. The van der Waals surface area contributed by atoms with Crippen LogP contribution in [0.25, 0.3) is 10.9 Å². The molecule has 0 aliphatic heterocycles. The Kier molecular flexibility index (Phi) is 10.3. The van der Waals surface area contributed by atoms with Gasteiger partial charge in [-0.3, -0.25) is 19.4 Å². The summed E-state index contributed by atoms with van der Waals surface area (Å²) in [7, 11) is 0. The number of primary amides is 1. The zero-order valence-electron chi connectivity index (χ0n) is 21.5. The Hall–Kier alpha value is -3.86. The molecule has 3 rings (SSSR count). The van der Waals surface area contributed by atoms with E-state index in [9.17, 15) is 14.4 Å². The van der Waals surface area contributed by atoms with E-state index in [4.69, 9.17) is 22.9 Å². The monoisotopic (exact) mass is 519 g/mol. The second kappa shape index (κ2) is 13.6. The fourth-order valence-electron chi connectivity index (χ4n) is 4.31. The predicted octanol–water partition coefficient (Wildman–Crippen LogP) is 0.518. The zero-order chi connectivity index (χ0) is 27.5. The van der Waals surface area contributed by atoms with Crippen molar-refractivity contribution in [2.24, 2.45) is 22.9 Å². The Morgan fingerprint density at radius 3 is 2.37 bits per heavy atom. The summed E-state index contributed by atoms with van der Waals surface area (Å²) in [5.74, 6) is -1.73. The Balaban J connectivity index is 1.92. The highest BCUT2D eigenvalue weighted by Crippen LogP contribution is 2.27. The maximum atomic E-state index is 13.8. The first-order chi connectivity index (χ1) is 18.3. The van der Waals surface area contributed by atoms with Crippen LogP contribution in [0.4, 0.5) is 0 Å². The van der Waals surface area contributed by atoms with Crippen LogP contribution in [0, 0.1) is 0 Å². The van der Waals surface area contributed by atoms with E-state index < -0.39 is 23.4 Å². The van der Waals surface area contributed by atoms with Crippen LogP contribution in [0.2, 0.25) is 0 Å². The third kappa shape index (κ3) is 7.34. The van der Waals surface area contributed by atoms with Crippen LogP contribution in [0.15, 0.2) is 66.9 Å². The van der Waals surface area contributed by atoms with Crippen molar-refractivity contribution in [3.05, 3.63) is 78.0 Å². The van der Waals surface area contributed by atoms with Gasteiger partial charge < -0.3 is 33.2 Å². The van der Waals surface area contributed by atoms with Gasteiger partial charge in [0.15, 0.2) is 0 Å². The number of rotatable bonds is 14. The van der Waals surface area contributed by atoms with Crippen LogP contribution < -0.4 is 28.3 Å². The highest BCUT2D eigenvalue weighted by molar-refractivity contribution is 5.96. The molecule has 0 aliphatic carbocycles. The van der Waals surface area contributed by atoms with Gasteiger partial charge in [-0.25, -0.2) is 0 Å². The van der Waals surface area contributed by atoms with Crippen LogP contribution in [-0.4, -0.2) is 59.8 Å². The number of carbonyl (C=O) groups is 3. The van der Waals surface area contributed by atoms with E-state index in [1.165, 1.54) is 6.20 Å². The summed E-state index contributed by atoms with van der Waals surface area (Å²) in [5.41, 5.74) is 24.0. The van der Waals surface area contributed by atoms with Gasteiger partial charge in [0.2, 0.25) is 17.7 Å². The topological polar surface area (TPSA) is 183 Å². The number of pyridine rings is 1. The van der Waals surface area contributed by atoms with Crippen molar-refractivity contribution in [1.82, 2.24) is 15.2 Å². The van der Waals surface area contributed by atoms with Gasteiger partial charge in [0, 0.05) is 36.8 Å². The Labute approximate surface area is 222 Å². The molecular weight excluding hydrogens is 482 g/mol. The number of carbonyl (C=O) groups excluding carboxylic acids is 3. The predicted molar refractivity (Wildman–Crippen MR) is 147 cm³/mol. The fourth-order valence-corrected chi connectivity index (χ4v) is 4.31. The van der Waals surface area contributed by atoms with Crippen molar-refractivity contribution in [1.29, 1.82) is 0 Å². The lowest BCUT2D eigenvalue weighted by Crippen LogP contribution is -2.58. The molecule has 3 amide bonds. The van der Waals surface area contributed by atoms with E-state index in [0.29, 0.717) is 38.0 Å². The van der Waals surface area contributed by atoms with Gasteiger partial charge in [-0.2, -0.15) is 0 Å². The molecule has 0 spiro atoms. The molecule has 9 N–H and O–H groups in total. The first-order valence-electron chi connectivity index (χ1n) is 12.7. The number of fused-ring (bicyclic) bond motifs is 1. The molecule has 3 aromatic rings. The third-order valence-electron chi connectivity index (χ3n) is 6.54. The second-order valence-electron chi connectivity index (χ2n) is 9.33. The molecule has 0 saturated heterocycles. The lowest BCUT2D eigenvalue weighted by molar-refractivity contribution is -0.138. The highest BCUT2D eigenvalue weighted by atomic mass is 16.2. The second-order valence-corrected chi connectivity index (χ2v) is 9.33. The van der Waals surface area contributed by atoms with Gasteiger partial charge in [0.1, 0.15) is 11.6 Å². The molecule has 0 radical (unpaired) electrons. The van der Waals surface area contributed by atoms with E-state index in [0.717, 1.165) is 16.5 Å². The number of amides is 3. The molecule has 2 aromatic carbocycles. The van der Waals surface area contributed by atoms with Gasteiger partial charge >= 0.3 is 0 Å². The van der Waals surface area contributed by atoms with Gasteiger partial charge in [-0.1, -0.05) is 48.5 Å². The minimum Gasteiger partial charge on any atom is -0.368 e. The summed E-state index contributed by atoms with van der Waals surface area (Å²) in [6.07, 6.45) is 2.52. The van der Waals surface area contributed by atoms with E-state index in [2.05, 4.69) is 10.3 Å².